The molecule has 0 radical (unpaired) electrons. The van der Waals surface area contributed by atoms with Gasteiger partial charge >= 0.3 is 0 Å². The minimum absolute atomic E-state index is 0.232. The van der Waals surface area contributed by atoms with E-state index in [0.717, 1.165) is 24.4 Å². The Kier molecular flexibility index (Phi) is 5.87. The van der Waals surface area contributed by atoms with E-state index in [4.69, 9.17) is 11.2 Å². The van der Waals surface area contributed by atoms with Crippen molar-refractivity contribution in [3.05, 3.63) is 29.8 Å². The van der Waals surface area contributed by atoms with E-state index in [1.54, 1.807) is 6.92 Å². The van der Waals surface area contributed by atoms with Crippen molar-refractivity contribution in [1.82, 2.24) is 4.90 Å². The molecule has 1 atom stereocenters. The lowest BCUT2D eigenvalue weighted by molar-refractivity contribution is 0.283. The molecule has 1 aromatic rings. The van der Waals surface area contributed by atoms with E-state index in [1.165, 1.54) is 0 Å². The Morgan fingerprint density at radius 3 is 2.73 bits per heavy atom. The van der Waals surface area contributed by atoms with Crippen LogP contribution in [0.15, 0.2) is 24.3 Å². The van der Waals surface area contributed by atoms with Gasteiger partial charge in [-0.3, -0.25) is 4.90 Å². The zero-order valence-electron chi connectivity index (χ0n) is 13.0. The lowest BCUT2D eigenvalue weighted by Gasteiger charge is -2.19. The molecule has 120 valence electrons. The quantitative estimate of drug-likeness (QED) is 0.615. The molecule has 2 rings (SSSR count). The molecular weight excluding hydrogens is 298 g/mol. The van der Waals surface area contributed by atoms with Gasteiger partial charge in [0.2, 0.25) is 0 Å². The van der Waals surface area contributed by atoms with Crippen LogP contribution >= 0.6 is 0 Å². The average molecular weight is 321 g/mol. The summed E-state index contributed by atoms with van der Waals surface area (Å²) < 4.78 is 29.3. The molecule has 0 N–H and O–H groups in total. The molecule has 1 aromatic carbocycles. The molecule has 1 aliphatic rings. The summed E-state index contributed by atoms with van der Waals surface area (Å²) in [5.74, 6) is 3.60. The Bertz CT molecular complexity index is 616. The van der Waals surface area contributed by atoms with Crippen molar-refractivity contribution in [2.75, 3.05) is 25.4 Å². The monoisotopic (exact) mass is 321 g/mol. The Morgan fingerprint density at radius 1 is 1.32 bits per heavy atom. The summed E-state index contributed by atoms with van der Waals surface area (Å²) in [6.45, 7) is 4.53. The molecule has 4 nitrogen and oxygen atoms in total. The molecule has 5 heteroatoms. The summed E-state index contributed by atoms with van der Waals surface area (Å²) in [4.78, 5) is 2.20. The normalized spacial score (nSPS) is 21.7. The summed E-state index contributed by atoms with van der Waals surface area (Å²) >= 11 is 0. The van der Waals surface area contributed by atoms with Gasteiger partial charge in [0, 0.05) is 19.5 Å². The summed E-state index contributed by atoms with van der Waals surface area (Å²) in [6.07, 6.45) is 6.49. The fourth-order valence-electron chi connectivity index (χ4n) is 2.45. The summed E-state index contributed by atoms with van der Waals surface area (Å²) in [5, 5.41) is -0.232. The second kappa shape index (κ2) is 7.66. The van der Waals surface area contributed by atoms with Gasteiger partial charge in [-0.25, -0.2) is 8.42 Å². The van der Waals surface area contributed by atoms with Crippen LogP contribution in [-0.4, -0.2) is 44.0 Å². The summed E-state index contributed by atoms with van der Waals surface area (Å²) in [6, 6.07) is 7.91. The molecule has 1 aliphatic heterocycles. The predicted octanol–water partition coefficient (Wildman–Crippen LogP) is 2.10. The minimum atomic E-state index is -2.92. The van der Waals surface area contributed by atoms with Crippen molar-refractivity contribution in [3.63, 3.8) is 0 Å². The van der Waals surface area contributed by atoms with Gasteiger partial charge in [-0.1, -0.05) is 12.1 Å². The van der Waals surface area contributed by atoms with Crippen LogP contribution in [0.5, 0.6) is 5.75 Å². The Labute approximate surface area is 133 Å². The van der Waals surface area contributed by atoms with E-state index < -0.39 is 9.84 Å². The van der Waals surface area contributed by atoms with Crippen LogP contribution in [0.3, 0.4) is 0 Å². The number of nitrogens with zero attached hydrogens (tertiary/aromatic N) is 1. The SMILES string of the molecule is C#CCCOc1ccc(CN2CC[C@@H](C)S(=O)(=O)CC2)cc1. The van der Waals surface area contributed by atoms with E-state index in [1.807, 2.05) is 24.3 Å². The fourth-order valence-corrected chi connectivity index (χ4v) is 3.83. The van der Waals surface area contributed by atoms with Crippen molar-refractivity contribution in [2.45, 2.75) is 31.6 Å². The predicted molar refractivity (Wildman–Crippen MR) is 88.5 cm³/mol. The second-order valence-corrected chi connectivity index (χ2v) is 8.23. The van der Waals surface area contributed by atoms with Gasteiger partial charge in [0.25, 0.3) is 0 Å². The number of hydrogen-bond acceptors (Lipinski definition) is 4. The third kappa shape index (κ3) is 4.75. The molecule has 22 heavy (non-hydrogen) atoms. The highest BCUT2D eigenvalue weighted by Gasteiger charge is 2.26. The maximum atomic E-state index is 11.9. The molecule has 0 spiro atoms. The second-order valence-electron chi connectivity index (χ2n) is 5.69. The highest BCUT2D eigenvalue weighted by molar-refractivity contribution is 7.92. The van der Waals surface area contributed by atoms with Crippen LogP contribution < -0.4 is 4.74 Å². The first-order chi connectivity index (χ1) is 10.5. The molecule has 0 aliphatic carbocycles. The molecule has 1 fully saturated rings. The highest BCUT2D eigenvalue weighted by Crippen LogP contribution is 2.17. The van der Waals surface area contributed by atoms with Crippen LogP contribution in [0.2, 0.25) is 0 Å². The Morgan fingerprint density at radius 2 is 2.05 bits per heavy atom. The summed E-state index contributed by atoms with van der Waals surface area (Å²) in [5.41, 5.74) is 1.16. The van der Waals surface area contributed by atoms with Gasteiger partial charge in [-0.15, -0.1) is 12.3 Å². The van der Waals surface area contributed by atoms with Gasteiger partial charge in [0.1, 0.15) is 5.75 Å². The van der Waals surface area contributed by atoms with Crippen LogP contribution in [-0.2, 0) is 16.4 Å². The maximum Gasteiger partial charge on any atom is 0.154 e. The number of ether oxygens (including phenoxy) is 1. The molecule has 0 saturated carbocycles. The number of terminal acetylenes is 1. The molecule has 0 aromatic heterocycles. The number of rotatable bonds is 5. The zero-order valence-corrected chi connectivity index (χ0v) is 13.8. The molecule has 0 unspecified atom stereocenters. The van der Waals surface area contributed by atoms with Gasteiger partial charge < -0.3 is 4.74 Å². The zero-order chi connectivity index (χ0) is 16.0. The third-order valence-electron chi connectivity index (χ3n) is 4.00. The largest absolute Gasteiger partial charge is 0.493 e. The van der Waals surface area contributed by atoms with Gasteiger partial charge in [-0.2, -0.15) is 0 Å². The van der Waals surface area contributed by atoms with E-state index in [9.17, 15) is 8.42 Å². The van der Waals surface area contributed by atoms with Crippen LogP contribution in [0, 0.1) is 12.3 Å². The Balaban J connectivity index is 1.90. The van der Waals surface area contributed by atoms with Crippen molar-refractivity contribution >= 4 is 9.84 Å². The number of hydrogen-bond donors (Lipinski definition) is 0. The van der Waals surface area contributed by atoms with Crippen molar-refractivity contribution in [3.8, 4) is 18.1 Å². The van der Waals surface area contributed by atoms with Crippen LogP contribution in [0.25, 0.3) is 0 Å². The number of benzene rings is 1. The lowest BCUT2D eigenvalue weighted by Crippen LogP contribution is -2.26. The minimum Gasteiger partial charge on any atom is -0.493 e. The summed E-state index contributed by atoms with van der Waals surface area (Å²) in [7, 11) is -2.92. The molecule has 1 heterocycles. The molecular formula is C17H23NO3S. The first-order valence-electron chi connectivity index (χ1n) is 7.60. The fraction of sp³-hybridized carbons (Fsp3) is 0.529. The van der Waals surface area contributed by atoms with Crippen molar-refractivity contribution in [2.24, 2.45) is 0 Å². The first-order valence-corrected chi connectivity index (χ1v) is 9.32. The topological polar surface area (TPSA) is 46.6 Å². The molecule has 0 bridgehead atoms. The standard InChI is InChI=1S/C17H23NO3S/c1-3-4-12-21-17-7-5-16(6-8-17)14-18-10-9-15(2)22(19,20)13-11-18/h1,5-8,15H,4,9-14H2,2H3/t15-/m1/s1. The van der Waals surface area contributed by atoms with E-state index in [2.05, 4.69) is 10.8 Å². The number of sulfone groups is 1. The molecule has 0 amide bonds. The smallest absolute Gasteiger partial charge is 0.154 e. The van der Waals surface area contributed by atoms with E-state index in [0.29, 0.717) is 26.0 Å². The van der Waals surface area contributed by atoms with Crippen molar-refractivity contribution < 1.29 is 13.2 Å². The first kappa shape index (κ1) is 16.9. The van der Waals surface area contributed by atoms with Gasteiger partial charge in [0.05, 0.1) is 17.6 Å². The van der Waals surface area contributed by atoms with Crippen molar-refractivity contribution in [1.29, 1.82) is 0 Å². The third-order valence-corrected chi connectivity index (χ3v) is 6.22. The van der Waals surface area contributed by atoms with Gasteiger partial charge in [0.15, 0.2) is 9.84 Å². The van der Waals surface area contributed by atoms with Crippen LogP contribution in [0.4, 0.5) is 0 Å². The van der Waals surface area contributed by atoms with Crippen LogP contribution in [0.1, 0.15) is 25.3 Å². The van der Waals surface area contributed by atoms with Gasteiger partial charge in [-0.05, 0) is 37.6 Å². The van der Waals surface area contributed by atoms with E-state index in [-0.39, 0.29) is 11.0 Å². The lowest BCUT2D eigenvalue weighted by atomic mass is 10.2. The molecule has 1 saturated heterocycles. The average Bonchev–Trinajstić information content (AvgIpc) is 2.62. The Hall–Kier alpha value is -1.51. The highest BCUT2D eigenvalue weighted by atomic mass is 32.2. The van der Waals surface area contributed by atoms with E-state index >= 15 is 0 Å². The maximum absolute atomic E-state index is 11.9.